The number of ether oxygens (including phenoxy) is 1. The zero-order chi connectivity index (χ0) is 19.0. The number of hydrogen-bond acceptors (Lipinski definition) is 5. The van der Waals surface area contributed by atoms with E-state index in [4.69, 9.17) is 4.74 Å². The van der Waals surface area contributed by atoms with E-state index in [0.717, 1.165) is 30.8 Å². The summed E-state index contributed by atoms with van der Waals surface area (Å²) in [6, 6.07) is 13.9. The molecule has 2 aromatic rings. The van der Waals surface area contributed by atoms with Gasteiger partial charge in [0.25, 0.3) is 0 Å². The summed E-state index contributed by atoms with van der Waals surface area (Å²) in [5, 5.41) is 0. The molecule has 0 radical (unpaired) electrons. The highest BCUT2D eigenvalue weighted by Crippen LogP contribution is 2.46. The number of methoxy groups -OCH3 is 1. The lowest BCUT2D eigenvalue weighted by atomic mass is 9.90. The van der Waals surface area contributed by atoms with E-state index in [1.54, 1.807) is 11.4 Å². The zero-order valence-electron chi connectivity index (χ0n) is 15.7. The number of fused-ring (bicyclic) bond motifs is 1. The Kier molecular flexibility index (Phi) is 4.92. The number of rotatable bonds is 5. The molecule has 1 aromatic heterocycles. The number of sulfonamides is 1. The Bertz CT molecular complexity index is 886. The molecule has 0 saturated carbocycles. The summed E-state index contributed by atoms with van der Waals surface area (Å²) in [5.41, 5.74) is 2.23. The monoisotopic (exact) mass is 387 g/mol. The predicted octanol–water partition coefficient (Wildman–Crippen LogP) is 2.15. The molecule has 3 atom stereocenters. The van der Waals surface area contributed by atoms with Crippen LogP contribution in [0.5, 0.6) is 5.88 Å². The van der Waals surface area contributed by atoms with E-state index in [1.165, 1.54) is 6.26 Å². The molecule has 2 fully saturated rings. The highest BCUT2D eigenvalue weighted by Gasteiger charge is 2.50. The molecule has 144 valence electrons. The van der Waals surface area contributed by atoms with E-state index in [0.29, 0.717) is 24.3 Å². The van der Waals surface area contributed by atoms with Crippen LogP contribution in [-0.4, -0.2) is 55.6 Å². The van der Waals surface area contributed by atoms with Crippen LogP contribution in [0.4, 0.5) is 0 Å². The number of likely N-dealkylation sites (tertiary alicyclic amines) is 1. The van der Waals surface area contributed by atoms with Gasteiger partial charge in [0.15, 0.2) is 0 Å². The van der Waals surface area contributed by atoms with E-state index in [2.05, 4.69) is 9.88 Å². The lowest BCUT2D eigenvalue weighted by Crippen LogP contribution is -2.34. The Morgan fingerprint density at radius 1 is 1.11 bits per heavy atom. The van der Waals surface area contributed by atoms with Gasteiger partial charge in [-0.15, -0.1) is 0 Å². The highest BCUT2D eigenvalue weighted by atomic mass is 32.2. The van der Waals surface area contributed by atoms with Crippen molar-refractivity contribution in [3.8, 4) is 5.88 Å². The first-order chi connectivity index (χ1) is 13.0. The van der Waals surface area contributed by atoms with Crippen LogP contribution in [0.3, 0.4) is 0 Å². The van der Waals surface area contributed by atoms with Gasteiger partial charge in [0.05, 0.1) is 19.4 Å². The van der Waals surface area contributed by atoms with Crippen LogP contribution < -0.4 is 4.74 Å². The van der Waals surface area contributed by atoms with Gasteiger partial charge in [0.1, 0.15) is 0 Å². The van der Waals surface area contributed by atoms with Gasteiger partial charge in [-0.2, -0.15) is 4.31 Å². The molecule has 2 saturated heterocycles. The summed E-state index contributed by atoms with van der Waals surface area (Å²) in [6.07, 6.45) is 3.18. The van der Waals surface area contributed by atoms with Gasteiger partial charge in [0, 0.05) is 38.4 Å². The van der Waals surface area contributed by atoms with Crippen LogP contribution in [-0.2, 0) is 16.6 Å². The van der Waals surface area contributed by atoms with Gasteiger partial charge in [-0.05, 0) is 23.0 Å². The van der Waals surface area contributed by atoms with Crippen molar-refractivity contribution in [1.29, 1.82) is 0 Å². The minimum absolute atomic E-state index is 0.0785. The van der Waals surface area contributed by atoms with E-state index in [9.17, 15) is 8.42 Å². The summed E-state index contributed by atoms with van der Waals surface area (Å²) in [7, 11) is -1.62. The average Bonchev–Trinajstić information content (AvgIpc) is 3.20. The third-order valence-electron chi connectivity index (χ3n) is 5.68. The fraction of sp³-hybridized carbons (Fsp3) is 0.450. The fourth-order valence-corrected chi connectivity index (χ4v) is 5.67. The molecule has 2 aliphatic heterocycles. The molecule has 0 aliphatic carbocycles. The van der Waals surface area contributed by atoms with Crippen molar-refractivity contribution in [3.05, 3.63) is 59.8 Å². The Morgan fingerprint density at radius 3 is 2.52 bits per heavy atom. The van der Waals surface area contributed by atoms with E-state index in [1.807, 2.05) is 48.7 Å². The summed E-state index contributed by atoms with van der Waals surface area (Å²) in [6.45, 7) is 3.22. The van der Waals surface area contributed by atoms with Gasteiger partial charge in [0.2, 0.25) is 15.9 Å². The molecule has 2 aliphatic rings. The van der Waals surface area contributed by atoms with Crippen LogP contribution in [0.25, 0.3) is 0 Å². The molecule has 0 amide bonds. The van der Waals surface area contributed by atoms with Crippen LogP contribution >= 0.6 is 0 Å². The van der Waals surface area contributed by atoms with Crippen molar-refractivity contribution in [2.75, 3.05) is 33.0 Å². The fourth-order valence-electron chi connectivity index (χ4n) is 4.52. The maximum atomic E-state index is 12.4. The van der Waals surface area contributed by atoms with Crippen molar-refractivity contribution < 1.29 is 13.2 Å². The molecule has 3 heterocycles. The summed E-state index contributed by atoms with van der Waals surface area (Å²) < 4.78 is 31.6. The normalized spacial score (nSPS) is 26.2. The maximum Gasteiger partial charge on any atom is 0.212 e. The lowest BCUT2D eigenvalue weighted by molar-refractivity contribution is 0.260. The second-order valence-electron chi connectivity index (χ2n) is 7.52. The Morgan fingerprint density at radius 2 is 1.89 bits per heavy atom. The smallest absolute Gasteiger partial charge is 0.212 e. The zero-order valence-corrected chi connectivity index (χ0v) is 16.5. The largest absolute Gasteiger partial charge is 0.481 e. The molecule has 0 unspecified atom stereocenters. The number of nitrogens with zero attached hydrogens (tertiary/aromatic N) is 3. The minimum Gasteiger partial charge on any atom is -0.481 e. The molecule has 0 N–H and O–H groups in total. The van der Waals surface area contributed by atoms with Gasteiger partial charge in [-0.1, -0.05) is 36.4 Å². The summed E-state index contributed by atoms with van der Waals surface area (Å²) in [4.78, 5) is 6.69. The predicted molar refractivity (Wildman–Crippen MR) is 104 cm³/mol. The lowest BCUT2D eigenvalue weighted by Gasteiger charge is -2.28. The summed E-state index contributed by atoms with van der Waals surface area (Å²) in [5.74, 6) is 1.29. The van der Waals surface area contributed by atoms with Crippen LogP contribution in [0.15, 0.2) is 48.7 Å². The highest BCUT2D eigenvalue weighted by molar-refractivity contribution is 7.88. The number of pyridine rings is 1. The number of hydrogen-bond donors (Lipinski definition) is 0. The first kappa shape index (κ1) is 18.4. The minimum atomic E-state index is -3.24. The SMILES string of the molecule is COc1ccc(CN2C[C@@H]3CN(S(C)(=O)=O)[C@@H](c4ccccc4)[C@@H]3C2)cn1. The first-order valence-electron chi connectivity index (χ1n) is 9.19. The Labute approximate surface area is 160 Å². The van der Waals surface area contributed by atoms with Crippen LogP contribution in [0, 0.1) is 11.8 Å². The van der Waals surface area contributed by atoms with Gasteiger partial charge < -0.3 is 4.74 Å². The molecule has 6 nitrogen and oxygen atoms in total. The summed E-state index contributed by atoms with van der Waals surface area (Å²) >= 11 is 0. The third-order valence-corrected chi connectivity index (χ3v) is 6.91. The van der Waals surface area contributed by atoms with Crippen LogP contribution in [0.2, 0.25) is 0 Å². The van der Waals surface area contributed by atoms with E-state index >= 15 is 0 Å². The topological polar surface area (TPSA) is 62.7 Å². The molecule has 7 heteroatoms. The number of benzene rings is 1. The van der Waals surface area contributed by atoms with Gasteiger partial charge in [-0.25, -0.2) is 13.4 Å². The van der Waals surface area contributed by atoms with E-state index in [-0.39, 0.29) is 6.04 Å². The van der Waals surface area contributed by atoms with Crippen molar-refractivity contribution in [2.45, 2.75) is 12.6 Å². The first-order valence-corrected chi connectivity index (χ1v) is 11.0. The van der Waals surface area contributed by atoms with E-state index < -0.39 is 10.0 Å². The van der Waals surface area contributed by atoms with Crippen LogP contribution in [0.1, 0.15) is 17.2 Å². The maximum absolute atomic E-state index is 12.4. The average molecular weight is 388 g/mol. The molecule has 1 aromatic carbocycles. The third kappa shape index (κ3) is 3.72. The second-order valence-corrected chi connectivity index (χ2v) is 9.45. The quantitative estimate of drug-likeness (QED) is 0.787. The standard InChI is InChI=1S/C20H25N3O3S/c1-26-19-9-8-15(10-21-19)11-22-12-17-13-23(27(2,24)25)20(18(17)14-22)16-6-4-3-5-7-16/h3-10,17-18,20H,11-14H2,1-2H3/t17-,18-,20+/m1/s1. The van der Waals surface area contributed by atoms with Gasteiger partial charge >= 0.3 is 0 Å². The van der Waals surface area contributed by atoms with Crippen molar-refractivity contribution in [1.82, 2.24) is 14.2 Å². The van der Waals surface area contributed by atoms with Crippen molar-refractivity contribution in [3.63, 3.8) is 0 Å². The molecule has 4 rings (SSSR count). The Hall–Kier alpha value is -1.96. The van der Waals surface area contributed by atoms with Gasteiger partial charge in [-0.3, -0.25) is 4.90 Å². The molecule has 27 heavy (non-hydrogen) atoms. The second kappa shape index (κ2) is 7.22. The van der Waals surface area contributed by atoms with Crippen molar-refractivity contribution in [2.24, 2.45) is 11.8 Å². The molecular formula is C20H25N3O3S. The molecular weight excluding hydrogens is 362 g/mol. The number of aromatic nitrogens is 1. The molecule has 0 bridgehead atoms. The molecule has 0 spiro atoms. The van der Waals surface area contributed by atoms with Crippen molar-refractivity contribution >= 4 is 10.0 Å². The Balaban J connectivity index is 1.53.